The summed E-state index contributed by atoms with van der Waals surface area (Å²) in [5.41, 5.74) is 1.18. The lowest BCUT2D eigenvalue weighted by Gasteiger charge is -2.09. The summed E-state index contributed by atoms with van der Waals surface area (Å²) in [6.45, 7) is 0. The summed E-state index contributed by atoms with van der Waals surface area (Å²) in [6.07, 6.45) is -4.53. The van der Waals surface area contributed by atoms with Crippen LogP contribution in [-0.4, -0.2) is 21.6 Å². The Morgan fingerprint density at radius 3 is 2.62 bits per heavy atom. The largest absolute Gasteiger partial charge is 0.435 e. The Kier molecular flexibility index (Phi) is 3.50. The number of hydrogen-bond donors (Lipinski definition) is 2. The molecule has 0 aliphatic heterocycles. The molecule has 1 aromatic carbocycles. The highest BCUT2D eigenvalue weighted by molar-refractivity contribution is 5.89. The third kappa shape index (κ3) is 2.59. The fourth-order valence-corrected chi connectivity index (χ4v) is 2.97. The summed E-state index contributed by atoms with van der Waals surface area (Å²) in [5, 5.41) is 7.32. The van der Waals surface area contributed by atoms with Crippen molar-refractivity contribution in [2.45, 2.75) is 6.18 Å². The fraction of sp³-hybridized carbons (Fsp3) is 0.111. The Hall–Kier alpha value is -3.29. The minimum atomic E-state index is -4.53. The van der Waals surface area contributed by atoms with E-state index in [9.17, 15) is 18.0 Å². The van der Waals surface area contributed by atoms with Gasteiger partial charge < -0.3 is 10.3 Å². The molecule has 0 radical (unpaired) electrons. The molecule has 8 heteroatoms. The summed E-state index contributed by atoms with van der Waals surface area (Å²) < 4.78 is 40.6. The molecule has 0 bridgehead atoms. The number of halogens is 3. The van der Waals surface area contributed by atoms with Crippen molar-refractivity contribution >= 4 is 22.2 Å². The monoisotopic (exact) mass is 358 g/mol. The Morgan fingerprint density at radius 1 is 1.08 bits per heavy atom. The Morgan fingerprint density at radius 2 is 1.88 bits per heavy atom. The maximum absolute atomic E-state index is 13.1. The number of rotatable bonds is 2. The minimum Gasteiger partial charge on any atom is -0.373 e. The minimum absolute atomic E-state index is 0.211. The van der Waals surface area contributed by atoms with Crippen molar-refractivity contribution in [3.05, 3.63) is 64.6 Å². The number of aromatic amines is 1. The van der Waals surface area contributed by atoms with Gasteiger partial charge in [-0.25, -0.2) is 4.52 Å². The molecule has 132 valence electrons. The molecule has 0 amide bonds. The second kappa shape index (κ2) is 5.62. The molecule has 0 unspecified atom stereocenters. The van der Waals surface area contributed by atoms with Gasteiger partial charge in [0.1, 0.15) is 5.82 Å². The topological polar surface area (TPSA) is 62.2 Å². The zero-order valence-corrected chi connectivity index (χ0v) is 13.6. The lowest BCUT2D eigenvalue weighted by molar-refractivity contribution is -0.141. The number of fused-ring (bicyclic) bond motifs is 2. The van der Waals surface area contributed by atoms with Crippen LogP contribution in [0.5, 0.6) is 0 Å². The van der Waals surface area contributed by atoms with Crippen LogP contribution >= 0.6 is 0 Å². The van der Waals surface area contributed by atoms with Crippen molar-refractivity contribution in [1.29, 1.82) is 0 Å². The van der Waals surface area contributed by atoms with Gasteiger partial charge in [-0.1, -0.05) is 6.07 Å². The van der Waals surface area contributed by atoms with Gasteiger partial charge in [-0.3, -0.25) is 4.79 Å². The molecule has 0 aliphatic rings. The molecule has 0 saturated carbocycles. The first-order valence-electron chi connectivity index (χ1n) is 7.78. The zero-order chi connectivity index (χ0) is 18.5. The summed E-state index contributed by atoms with van der Waals surface area (Å²) in [6, 6.07) is 12.8. The summed E-state index contributed by atoms with van der Waals surface area (Å²) in [5.74, 6) is 0.448. The van der Waals surface area contributed by atoms with Gasteiger partial charge in [-0.05, 0) is 47.3 Å². The van der Waals surface area contributed by atoms with Crippen LogP contribution < -0.4 is 10.9 Å². The van der Waals surface area contributed by atoms with E-state index in [4.69, 9.17) is 0 Å². The average Bonchev–Trinajstić information content (AvgIpc) is 3.06. The number of alkyl halides is 3. The van der Waals surface area contributed by atoms with Crippen LogP contribution in [0.15, 0.2) is 53.3 Å². The van der Waals surface area contributed by atoms with Crippen molar-refractivity contribution in [2.75, 3.05) is 12.4 Å². The maximum Gasteiger partial charge on any atom is 0.435 e. The van der Waals surface area contributed by atoms with Crippen molar-refractivity contribution in [3.63, 3.8) is 0 Å². The lowest BCUT2D eigenvalue weighted by Crippen LogP contribution is -2.06. The van der Waals surface area contributed by atoms with E-state index in [2.05, 4.69) is 15.4 Å². The van der Waals surface area contributed by atoms with Gasteiger partial charge in [-0.15, -0.1) is 0 Å². The third-order valence-corrected chi connectivity index (χ3v) is 4.20. The normalized spacial score (nSPS) is 12.0. The third-order valence-electron chi connectivity index (χ3n) is 4.20. The highest BCUT2D eigenvalue weighted by atomic mass is 19.4. The van der Waals surface area contributed by atoms with Crippen LogP contribution in [-0.2, 0) is 6.18 Å². The molecule has 5 nitrogen and oxygen atoms in total. The molecule has 3 aromatic heterocycles. The zero-order valence-electron chi connectivity index (χ0n) is 13.6. The van der Waals surface area contributed by atoms with Gasteiger partial charge in [0.25, 0.3) is 0 Å². The fourth-order valence-electron chi connectivity index (χ4n) is 2.97. The molecule has 0 atom stereocenters. The molecule has 4 aromatic rings. The molecule has 3 heterocycles. The van der Waals surface area contributed by atoms with E-state index >= 15 is 0 Å². The molecule has 4 rings (SSSR count). The van der Waals surface area contributed by atoms with E-state index < -0.39 is 11.9 Å². The van der Waals surface area contributed by atoms with Crippen molar-refractivity contribution in [2.24, 2.45) is 0 Å². The van der Waals surface area contributed by atoms with Gasteiger partial charge in [0.05, 0.1) is 5.52 Å². The Balaban J connectivity index is 1.98. The highest BCUT2D eigenvalue weighted by Crippen LogP contribution is 2.34. The van der Waals surface area contributed by atoms with Crippen LogP contribution in [0.3, 0.4) is 0 Å². The van der Waals surface area contributed by atoms with E-state index in [1.165, 1.54) is 10.6 Å². The molecular weight excluding hydrogens is 345 g/mol. The predicted molar refractivity (Wildman–Crippen MR) is 93.3 cm³/mol. The van der Waals surface area contributed by atoms with Crippen molar-refractivity contribution < 1.29 is 13.2 Å². The maximum atomic E-state index is 13.1. The van der Waals surface area contributed by atoms with Crippen LogP contribution in [0, 0.1) is 0 Å². The van der Waals surface area contributed by atoms with E-state index in [0.29, 0.717) is 22.4 Å². The van der Waals surface area contributed by atoms with Gasteiger partial charge in [-0.2, -0.15) is 18.3 Å². The van der Waals surface area contributed by atoms with Crippen LogP contribution in [0.1, 0.15) is 5.69 Å². The van der Waals surface area contributed by atoms with Crippen LogP contribution in [0.25, 0.3) is 27.5 Å². The van der Waals surface area contributed by atoms with Crippen molar-refractivity contribution in [3.8, 4) is 11.1 Å². The number of hydrogen-bond acceptors (Lipinski definition) is 3. The molecule has 2 N–H and O–H groups in total. The van der Waals surface area contributed by atoms with Gasteiger partial charge in [0.2, 0.25) is 5.56 Å². The quantitative estimate of drug-likeness (QED) is 0.571. The SMILES string of the molecule is CNc1ccc(-c2ccc3[nH]c(=O)ccc3c2)c2cc(C(F)(F)F)nn12. The smallest absolute Gasteiger partial charge is 0.373 e. The number of nitrogens with one attached hydrogen (secondary N) is 2. The van der Waals surface area contributed by atoms with Crippen molar-refractivity contribution in [1.82, 2.24) is 14.6 Å². The number of pyridine rings is 2. The van der Waals surface area contributed by atoms with E-state index in [1.54, 1.807) is 37.4 Å². The first-order chi connectivity index (χ1) is 12.4. The second-order valence-corrected chi connectivity index (χ2v) is 5.83. The second-order valence-electron chi connectivity index (χ2n) is 5.83. The van der Waals surface area contributed by atoms with E-state index in [-0.39, 0.29) is 5.56 Å². The molecule has 0 spiro atoms. The average molecular weight is 358 g/mol. The standard InChI is InChI=1S/C18H13F3N4O/c1-22-16-6-4-12(14-9-15(18(19,20)21)24-25(14)16)10-2-5-13-11(8-10)3-7-17(26)23-13/h2-9,22H,1H3,(H,23,26). The number of anilines is 1. The number of aromatic nitrogens is 3. The summed E-state index contributed by atoms with van der Waals surface area (Å²) in [4.78, 5) is 14.1. The number of H-pyrrole nitrogens is 1. The molecular formula is C18H13F3N4O. The van der Waals surface area contributed by atoms with Crippen LogP contribution in [0.2, 0.25) is 0 Å². The number of nitrogens with zero attached hydrogens (tertiary/aromatic N) is 2. The molecule has 26 heavy (non-hydrogen) atoms. The van der Waals surface area contributed by atoms with Gasteiger partial charge in [0, 0.05) is 24.2 Å². The highest BCUT2D eigenvalue weighted by Gasteiger charge is 2.34. The van der Waals surface area contributed by atoms with Gasteiger partial charge in [0.15, 0.2) is 5.69 Å². The summed E-state index contributed by atoms with van der Waals surface area (Å²) in [7, 11) is 1.62. The Bertz CT molecular complexity index is 1190. The first-order valence-corrected chi connectivity index (χ1v) is 7.78. The van der Waals surface area contributed by atoms with E-state index in [1.807, 2.05) is 6.07 Å². The molecule has 0 fully saturated rings. The summed E-state index contributed by atoms with van der Waals surface area (Å²) >= 11 is 0. The van der Waals surface area contributed by atoms with E-state index in [0.717, 1.165) is 17.0 Å². The molecule has 0 saturated heterocycles. The van der Waals surface area contributed by atoms with Gasteiger partial charge >= 0.3 is 6.18 Å². The Labute approximate surface area is 145 Å². The van der Waals surface area contributed by atoms with Crippen LogP contribution in [0.4, 0.5) is 19.0 Å². The molecule has 0 aliphatic carbocycles. The first kappa shape index (κ1) is 16.2. The predicted octanol–water partition coefficient (Wildman–Crippen LogP) is 3.90. The number of benzene rings is 1. The lowest BCUT2D eigenvalue weighted by atomic mass is 10.0.